The quantitative estimate of drug-likeness (QED) is 0.879. The van der Waals surface area contributed by atoms with E-state index in [0.29, 0.717) is 10.6 Å². The summed E-state index contributed by atoms with van der Waals surface area (Å²) in [6, 6.07) is 6.32. The summed E-state index contributed by atoms with van der Waals surface area (Å²) in [6.07, 6.45) is 2.73. The van der Waals surface area contributed by atoms with Crippen molar-refractivity contribution in [3.8, 4) is 0 Å². The van der Waals surface area contributed by atoms with Crippen LogP contribution in [0.2, 0.25) is 5.02 Å². The van der Waals surface area contributed by atoms with Crippen molar-refractivity contribution in [1.82, 2.24) is 15.1 Å². The van der Waals surface area contributed by atoms with Crippen molar-refractivity contribution in [2.45, 2.75) is 32.9 Å². The second-order valence-corrected chi connectivity index (χ2v) is 5.07. The van der Waals surface area contributed by atoms with Gasteiger partial charge in [-0.2, -0.15) is 5.10 Å². The molecule has 0 amide bonds. The zero-order valence-electron chi connectivity index (χ0n) is 11.7. The van der Waals surface area contributed by atoms with E-state index in [1.807, 2.05) is 17.7 Å². The van der Waals surface area contributed by atoms with Crippen LogP contribution in [0, 0.1) is 5.82 Å². The lowest BCUT2D eigenvalue weighted by atomic mass is 10.0. The highest BCUT2D eigenvalue weighted by molar-refractivity contribution is 6.30. The molecule has 1 N–H and O–H groups in total. The second kappa shape index (κ2) is 6.86. The van der Waals surface area contributed by atoms with Gasteiger partial charge >= 0.3 is 0 Å². The standard InChI is InChI=1S/C15H19ClFN3/c1-3-9-20-14(7-8-19-20)15(18-4-2)12-10-11(16)5-6-13(12)17/h5-8,10,15,18H,3-4,9H2,1-2H3. The highest BCUT2D eigenvalue weighted by Gasteiger charge is 2.20. The fraction of sp³-hybridized carbons (Fsp3) is 0.400. The highest BCUT2D eigenvalue weighted by Crippen LogP contribution is 2.27. The lowest BCUT2D eigenvalue weighted by Crippen LogP contribution is -2.26. The average molecular weight is 296 g/mol. The monoisotopic (exact) mass is 295 g/mol. The topological polar surface area (TPSA) is 29.9 Å². The maximum absolute atomic E-state index is 14.1. The summed E-state index contributed by atoms with van der Waals surface area (Å²) in [5.74, 6) is -0.260. The van der Waals surface area contributed by atoms with E-state index in [1.165, 1.54) is 6.07 Å². The fourth-order valence-electron chi connectivity index (χ4n) is 2.30. The largest absolute Gasteiger partial charge is 0.305 e. The second-order valence-electron chi connectivity index (χ2n) is 4.64. The van der Waals surface area contributed by atoms with Crippen molar-refractivity contribution >= 4 is 11.6 Å². The van der Waals surface area contributed by atoms with Gasteiger partial charge in [0.1, 0.15) is 5.82 Å². The maximum Gasteiger partial charge on any atom is 0.128 e. The first-order valence-electron chi connectivity index (χ1n) is 6.87. The Labute approximate surface area is 123 Å². The third kappa shape index (κ3) is 3.19. The van der Waals surface area contributed by atoms with E-state index >= 15 is 0 Å². The summed E-state index contributed by atoms with van der Waals surface area (Å²) in [4.78, 5) is 0. The number of aromatic nitrogens is 2. The molecule has 0 aliphatic carbocycles. The number of hydrogen-bond donors (Lipinski definition) is 1. The van der Waals surface area contributed by atoms with Crippen LogP contribution in [0.5, 0.6) is 0 Å². The molecular formula is C15H19ClFN3. The molecule has 0 aliphatic rings. The van der Waals surface area contributed by atoms with Crippen LogP contribution < -0.4 is 5.32 Å². The predicted molar refractivity (Wildman–Crippen MR) is 79.4 cm³/mol. The van der Waals surface area contributed by atoms with E-state index in [4.69, 9.17) is 11.6 Å². The Morgan fingerprint density at radius 2 is 2.15 bits per heavy atom. The first kappa shape index (κ1) is 15.0. The van der Waals surface area contributed by atoms with Crippen molar-refractivity contribution < 1.29 is 4.39 Å². The Morgan fingerprint density at radius 3 is 2.85 bits per heavy atom. The Morgan fingerprint density at radius 1 is 1.35 bits per heavy atom. The molecule has 0 fully saturated rings. The van der Waals surface area contributed by atoms with Crippen molar-refractivity contribution in [3.63, 3.8) is 0 Å². The SMILES string of the molecule is CCCn1nccc1C(NCC)c1cc(Cl)ccc1F. The third-order valence-corrected chi connectivity index (χ3v) is 3.39. The average Bonchev–Trinajstić information content (AvgIpc) is 2.88. The first-order chi connectivity index (χ1) is 9.67. The van der Waals surface area contributed by atoms with Crippen molar-refractivity contribution in [2.75, 3.05) is 6.54 Å². The molecule has 1 aromatic heterocycles. The molecule has 0 spiro atoms. The molecule has 3 nitrogen and oxygen atoms in total. The Balaban J connectivity index is 2.44. The summed E-state index contributed by atoms with van der Waals surface area (Å²) in [5, 5.41) is 8.15. The predicted octanol–water partition coefficient (Wildman–Crippen LogP) is 3.78. The number of rotatable bonds is 6. The summed E-state index contributed by atoms with van der Waals surface area (Å²) >= 11 is 6.01. The molecule has 0 saturated heterocycles. The summed E-state index contributed by atoms with van der Waals surface area (Å²) in [6.45, 7) is 5.63. The van der Waals surface area contributed by atoms with Crippen LogP contribution in [0.1, 0.15) is 37.6 Å². The van der Waals surface area contributed by atoms with E-state index in [9.17, 15) is 4.39 Å². The number of hydrogen-bond acceptors (Lipinski definition) is 2. The van der Waals surface area contributed by atoms with Crippen LogP contribution >= 0.6 is 11.6 Å². The van der Waals surface area contributed by atoms with Gasteiger partial charge < -0.3 is 5.32 Å². The molecule has 1 heterocycles. The molecular weight excluding hydrogens is 277 g/mol. The van der Waals surface area contributed by atoms with Gasteiger partial charge in [-0.25, -0.2) is 4.39 Å². The molecule has 0 saturated carbocycles. The number of aryl methyl sites for hydroxylation is 1. The van der Waals surface area contributed by atoms with Crippen LogP contribution in [-0.4, -0.2) is 16.3 Å². The molecule has 5 heteroatoms. The van der Waals surface area contributed by atoms with Gasteiger partial charge in [0.05, 0.1) is 11.7 Å². The van der Waals surface area contributed by atoms with Gasteiger partial charge in [-0.05, 0) is 37.2 Å². The van der Waals surface area contributed by atoms with Gasteiger partial charge in [0.2, 0.25) is 0 Å². The lowest BCUT2D eigenvalue weighted by molar-refractivity contribution is 0.502. The molecule has 0 bridgehead atoms. The smallest absolute Gasteiger partial charge is 0.128 e. The maximum atomic E-state index is 14.1. The van der Waals surface area contributed by atoms with Gasteiger partial charge in [-0.15, -0.1) is 0 Å². The number of nitrogens with one attached hydrogen (secondary N) is 1. The normalized spacial score (nSPS) is 12.6. The molecule has 1 atom stereocenters. The Kier molecular flexibility index (Phi) is 5.15. The van der Waals surface area contributed by atoms with Crippen molar-refractivity contribution in [1.29, 1.82) is 0 Å². The molecule has 2 rings (SSSR count). The van der Waals surface area contributed by atoms with Crippen molar-refractivity contribution in [2.24, 2.45) is 0 Å². The number of nitrogens with zero attached hydrogens (tertiary/aromatic N) is 2. The summed E-state index contributed by atoms with van der Waals surface area (Å²) < 4.78 is 16.0. The highest BCUT2D eigenvalue weighted by atomic mass is 35.5. The van der Waals surface area contributed by atoms with E-state index in [1.54, 1.807) is 18.3 Å². The molecule has 0 aliphatic heterocycles. The van der Waals surface area contributed by atoms with E-state index < -0.39 is 0 Å². The van der Waals surface area contributed by atoms with Crippen LogP contribution in [0.15, 0.2) is 30.5 Å². The minimum Gasteiger partial charge on any atom is -0.305 e. The van der Waals surface area contributed by atoms with Gasteiger partial charge in [0.15, 0.2) is 0 Å². The van der Waals surface area contributed by atoms with Crippen molar-refractivity contribution in [3.05, 3.63) is 52.6 Å². The summed E-state index contributed by atoms with van der Waals surface area (Å²) in [7, 11) is 0. The minimum atomic E-state index is -0.260. The van der Waals surface area contributed by atoms with Crippen LogP contribution in [-0.2, 0) is 6.54 Å². The van der Waals surface area contributed by atoms with Gasteiger partial charge in [-0.1, -0.05) is 25.4 Å². The van der Waals surface area contributed by atoms with E-state index in [0.717, 1.165) is 25.2 Å². The minimum absolute atomic E-state index is 0.243. The van der Waals surface area contributed by atoms with E-state index in [-0.39, 0.29) is 11.9 Å². The summed E-state index contributed by atoms with van der Waals surface area (Å²) in [5.41, 5.74) is 1.51. The van der Waals surface area contributed by atoms with Gasteiger partial charge in [0.25, 0.3) is 0 Å². The first-order valence-corrected chi connectivity index (χ1v) is 7.25. The molecule has 1 unspecified atom stereocenters. The molecule has 1 aromatic carbocycles. The van der Waals surface area contributed by atoms with E-state index in [2.05, 4.69) is 17.3 Å². The van der Waals surface area contributed by atoms with Gasteiger partial charge in [-0.3, -0.25) is 4.68 Å². The van der Waals surface area contributed by atoms with Crippen LogP contribution in [0.4, 0.5) is 4.39 Å². The molecule has 108 valence electrons. The number of halogens is 2. The molecule has 20 heavy (non-hydrogen) atoms. The lowest BCUT2D eigenvalue weighted by Gasteiger charge is -2.20. The molecule has 2 aromatic rings. The van der Waals surface area contributed by atoms with Gasteiger partial charge in [0, 0.05) is 23.3 Å². The Hall–Kier alpha value is -1.39. The van der Waals surface area contributed by atoms with Crippen LogP contribution in [0.25, 0.3) is 0 Å². The van der Waals surface area contributed by atoms with Crippen LogP contribution in [0.3, 0.4) is 0 Å². The molecule has 0 radical (unpaired) electrons. The Bertz CT molecular complexity index is 568. The fourth-order valence-corrected chi connectivity index (χ4v) is 2.48. The zero-order valence-corrected chi connectivity index (χ0v) is 12.5. The number of benzene rings is 1. The zero-order chi connectivity index (χ0) is 14.5. The third-order valence-electron chi connectivity index (χ3n) is 3.16.